The van der Waals surface area contributed by atoms with Crippen molar-refractivity contribution in [1.29, 1.82) is 0 Å². The van der Waals surface area contributed by atoms with Crippen LogP contribution in [0.4, 0.5) is 19.0 Å². The number of piperidine rings is 1. The Morgan fingerprint density at radius 1 is 1.02 bits per heavy atom. The zero-order chi connectivity index (χ0) is 29.0. The van der Waals surface area contributed by atoms with Crippen LogP contribution in [0.2, 0.25) is 0 Å². The molecule has 2 aromatic heterocycles. The number of halogens is 3. The van der Waals surface area contributed by atoms with Crippen molar-refractivity contribution in [2.75, 3.05) is 4.90 Å². The summed E-state index contributed by atoms with van der Waals surface area (Å²) < 4.78 is 55.7. The van der Waals surface area contributed by atoms with Crippen LogP contribution in [0.5, 0.6) is 5.75 Å². The fourth-order valence-corrected chi connectivity index (χ4v) is 6.45. The molecule has 0 spiro atoms. The summed E-state index contributed by atoms with van der Waals surface area (Å²) in [5, 5.41) is 14.2. The summed E-state index contributed by atoms with van der Waals surface area (Å²) in [6.07, 6.45) is 0.635. The van der Waals surface area contributed by atoms with Crippen molar-refractivity contribution >= 4 is 22.7 Å². The van der Waals surface area contributed by atoms with Gasteiger partial charge in [-0.05, 0) is 81.0 Å². The fraction of sp³-hybridized carbons (Fsp3) is 0.387. The molecule has 1 aliphatic carbocycles. The summed E-state index contributed by atoms with van der Waals surface area (Å²) in [4.78, 5) is 18.5. The lowest BCUT2D eigenvalue weighted by Crippen LogP contribution is -2.46. The van der Waals surface area contributed by atoms with Crippen LogP contribution in [0.3, 0.4) is 0 Å². The van der Waals surface area contributed by atoms with Gasteiger partial charge in [-0.1, -0.05) is 17.3 Å². The molecule has 11 heteroatoms. The third-order valence-corrected chi connectivity index (χ3v) is 8.47. The lowest BCUT2D eigenvalue weighted by molar-refractivity contribution is -0.274. The largest absolute Gasteiger partial charge is 0.573 e. The van der Waals surface area contributed by atoms with Gasteiger partial charge in [-0.15, -0.1) is 13.2 Å². The maximum Gasteiger partial charge on any atom is 0.573 e. The Kier molecular flexibility index (Phi) is 6.56. The van der Waals surface area contributed by atoms with Gasteiger partial charge >= 0.3 is 12.3 Å². The van der Waals surface area contributed by atoms with E-state index in [2.05, 4.69) is 14.8 Å². The van der Waals surface area contributed by atoms with E-state index in [4.69, 9.17) is 14.2 Å². The number of anilines is 1. The van der Waals surface area contributed by atoms with E-state index >= 15 is 0 Å². The van der Waals surface area contributed by atoms with E-state index in [-0.39, 0.29) is 47.6 Å². The predicted molar refractivity (Wildman–Crippen MR) is 146 cm³/mol. The lowest BCUT2D eigenvalue weighted by Gasteiger charge is -2.39. The smallest absolute Gasteiger partial charge is 0.478 e. The third kappa shape index (κ3) is 5.17. The second kappa shape index (κ2) is 10.3. The molecule has 2 aliphatic heterocycles. The van der Waals surface area contributed by atoms with Crippen LogP contribution in [0, 0.1) is 0 Å². The number of hydrogen-bond acceptors (Lipinski definition) is 7. The monoisotopic (exact) mass is 579 g/mol. The summed E-state index contributed by atoms with van der Waals surface area (Å²) in [6, 6.07) is 15.2. The average Bonchev–Trinajstić information content (AvgIpc) is 3.66. The first kappa shape index (κ1) is 26.8. The summed E-state index contributed by atoms with van der Waals surface area (Å²) in [7, 11) is 0. The molecule has 2 unspecified atom stereocenters. The van der Waals surface area contributed by atoms with Crippen molar-refractivity contribution < 1.29 is 37.1 Å². The first-order valence-electron chi connectivity index (χ1n) is 14.1. The average molecular weight is 580 g/mol. The Balaban J connectivity index is 1.09. The van der Waals surface area contributed by atoms with Crippen LogP contribution in [-0.4, -0.2) is 45.8 Å². The topological polar surface area (TPSA) is 97.9 Å². The Bertz CT molecular complexity index is 1640. The molecule has 1 saturated carbocycles. The van der Waals surface area contributed by atoms with E-state index in [9.17, 15) is 23.1 Å². The highest BCUT2D eigenvalue weighted by Gasteiger charge is 2.42. The normalized spacial score (nSPS) is 22.1. The number of aromatic nitrogens is 2. The van der Waals surface area contributed by atoms with Gasteiger partial charge in [-0.2, -0.15) is 0 Å². The van der Waals surface area contributed by atoms with Gasteiger partial charge in [-0.3, -0.25) is 0 Å². The highest BCUT2D eigenvalue weighted by Crippen LogP contribution is 2.46. The number of hydrogen-bond donors (Lipinski definition) is 1. The number of carboxylic acids is 1. The van der Waals surface area contributed by atoms with E-state index in [0.717, 1.165) is 55.2 Å². The number of carboxylic acid groups (broad SMARTS) is 1. The van der Waals surface area contributed by atoms with Crippen molar-refractivity contribution in [2.45, 2.75) is 75.6 Å². The second-order valence-electron chi connectivity index (χ2n) is 11.3. The highest BCUT2D eigenvalue weighted by atomic mass is 19.4. The number of fused-ring (bicyclic) bond motifs is 3. The first-order chi connectivity index (χ1) is 20.2. The fourth-order valence-electron chi connectivity index (χ4n) is 6.45. The zero-order valence-corrected chi connectivity index (χ0v) is 22.5. The Labute approximate surface area is 239 Å². The minimum absolute atomic E-state index is 0.0335. The molecule has 2 saturated heterocycles. The number of alkyl halides is 3. The Hall–Kier alpha value is -4.12. The van der Waals surface area contributed by atoms with E-state index in [1.165, 1.54) is 12.1 Å². The van der Waals surface area contributed by atoms with Crippen LogP contribution in [-0.2, 0) is 11.3 Å². The van der Waals surface area contributed by atoms with Gasteiger partial charge in [0.2, 0.25) is 0 Å². The quantitative estimate of drug-likeness (QED) is 0.237. The van der Waals surface area contributed by atoms with Crippen molar-refractivity contribution in [1.82, 2.24) is 10.1 Å². The molecule has 7 rings (SSSR count). The number of benzene rings is 2. The molecule has 0 radical (unpaired) electrons. The molecule has 2 aromatic carbocycles. The maximum absolute atomic E-state index is 13.1. The zero-order valence-electron chi connectivity index (χ0n) is 22.5. The number of pyridine rings is 1. The number of nitrogens with zero attached hydrogens (tertiary/aromatic N) is 3. The number of rotatable bonds is 8. The number of carbonyl (C=O) groups is 1. The van der Waals surface area contributed by atoms with Crippen molar-refractivity contribution in [3.63, 3.8) is 0 Å². The van der Waals surface area contributed by atoms with Crippen LogP contribution >= 0.6 is 0 Å². The van der Waals surface area contributed by atoms with Crippen molar-refractivity contribution in [3.05, 3.63) is 71.5 Å². The number of aromatic carboxylic acids is 1. The van der Waals surface area contributed by atoms with E-state index < -0.39 is 12.3 Å². The van der Waals surface area contributed by atoms with Gasteiger partial charge in [-0.25, -0.2) is 9.78 Å². The lowest BCUT2D eigenvalue weighted by atomic mass is 9.99. The van der Waals surface area contributed by atoms with Gasteiger partial charge in [0, 0.05) is 34.5 Å². The van der Waals surface area contributed by atoms with Crippen LogP contribution < -0.4 is 9.64 Å². The summed E-state index contributed by atoms with van der Waals surface area (Å²) in [5.74, 6) is 0.454. The Morgan fingerprint density at radius 2 is 1.79 bits per heavy atom. The molecule has 42 heavy (non-hydrogen) atoms. The minimum atomic E-state index is -4.83. The number of para-hydroxylation sites is 1. The maximum atomic E-state index is 13.1. The molecule has 4 heterocycles. The molecular weight excluding hydrogens is 551 g/mol. The minimum Gasteiger partial charge on any atom is -0.478 e. The molecule has 3 atom stereocenters. The van der Waals surface area contributed by atoms with Crippen LogP contribution in [0.15, 0.2) is 59.1 Å². The molecule has 218 valence electrons. The molecule has 4 aromatic rings. The van der Waals surface area contributed by atoms with E-state index in [0.29, 0.717) is 17.0 Å². The predicted octanol–water partition coefficient (Wildman–Crippen LogP) is 7.08. The van der Waals surface area contributed by atoms with E-state index in [1.807, 2.05) is 12.1 Å². The van der Waals surface area contributed by atoms with Gasteiger partial charge in [0.15, 0.2) is 0 Å². The molecule has 1 N–H and O–H groups in total. The summed E-state index contributed by atoms with van der Waals surface area (Å²) >= 11 is 0. The van der Waals surface area contributed by atoms with Crippen molar-refractivity contribution in [3.8, 4) is 17.0 Å². The van der Waals surface area contributed by atoms with Gasteiger partial charge < -0.3 is 24.0 Å². The summed E-state index contributed by atoms with van der Waals surface area (Å²) in [5.41, 5.74) is 2.20. The molecule has 3 aliphatic rings. The molecule has 8 nitrogen and oxygen atoms in total. The van der Waals surface area contributed by atoms with Gasteiger partial charge in [0.25, 0.3) is 0 Å². The standard InChI is InChI=1S/C31H28F3N3O5/c32-31(33,34)41-26-4-2-1-3-23(26)28-24(29(42-36-28)17-5-6-17)16-40-22-14-20-9-10-21(15-22)37(20)27-12-8-18-13-19(30(38)39)7-11-25(18)35-27/h1-4,7-8,11-13,17,20-22H,5-6,9-10,14-16H2,(H,38,39)/t20-,21?,22?/m0/s1. The van der Waals surface area contributed by atoms with E-state index in [1.54, 1.807) is 30.3 Å². The Morgan fingerprint density at radius 3 is 2.50 bits per heavy atom. The molecule has 2 bridgehead atoms. The van der Waals surface area contributed by atoms with Crippen LogP contribution in [0.25, 0.3) is 22.2 Å². The number of ether oxygens (including phenoxy) is 2. The second-order valence-corrected chi connectivity index (χ2v) is 11.3. The third-order valence-electron chi connectivity index (χ3n) is 8.47. The first-order valence-corrected chi connectivity index (χ1v) is 14.1. The van der Waals surface area contributed by atoms with Crippen molar-refractivity contribution in [2.24, 2.45) is 0 Å². The molecular formula is C31H28F3N3O5. The van der Waals surface area contributed by atoms with Gasteiger partial charge in [0.1, 0.15) is 23.0 Å². The van der Waals surface area contributed by atoms with Gasteiger partial charge in [0.05, 0.1) is 23.8 Å². The van der Waals surface area contributed by atoms with Crippen LogP contribution in [0.1, 0.15) is 66.1 Å². The molecule has 3 fully saturated rings. The highest BCUT2D eigenvalue weighted by molar-refractivity contribution is 5.93. The SMILES string of the molecule is O=C(O)c1ccc2nc(N3C4CC[C@H]3CC(OCc3c(-c5ccccc5OC(F)(F)F)noc3C3CC3)C4)ccc2c1. The summed E-state index contributed by atoms with van der Waals surface area (Å²) in [6.45, 7) is 0.190. The molecule has 0 amide bonds.